The number of hydrogen-bond donors (Lipinski definition) is 0. The number of ether oxygens (including phenoxy) is 1. The maximum atomic E-state index is 12.2. The summed E-state index contributed by atoms with van der Waals surface area (Å²) >= 11 is 9.16. The lowest BCUT2D eigenvalue weighted by Gasteiger charge is -2.17. The van der Waals surface area contributed by atoms with Crippen LogP contribution in [0.15, 0.2) is 24.3 Å². The zero-order chi connectivity index (χ0) is 17.9. The number of carbonyl (C=O) groups is 2. The molecule has 0 fully saturated rings. The van der Waals surface area contributed by atoms with Gasteiger partial charge in [0.1, 0.15) is 5.69 Å². The van der Waals surface area contributed by atoms with Crippen LogP contribution in [0.2, 0.25) is 5.02 Å². The van der Waals surface area contributed by atoms with E-state index in [9.17, 15) is 9.59 Å². The normalized spacial score (nSPS) is 10.5. The van der Waals surface area contributed by atoms with Crippen molar-refractivity contribution >= 4 is 39.3 Å². The Bertz CT molecular complexity index is 788. The number of aryl methyl sites for hydroxylation is 1. The van der Waals surface area contributed by atoms with E-state index in [1.54, 1.807) is 19.1 Å². The van der Waals surface area contributed by atoms with Gasteiger partial charge in [-0.2, -0.15) is 0 Å². The average molecular weight is 411 g/mol. The molecule has 0 spiro atoms. The van der Waals surface area contributed by atoms with E-state index in [1.807, 2.05) is 19.1 Å². The highest BCUT2D eigenvalue weighted by Gasteiger charge is 2.21. The zero-order valence-electron chi connectivity index (χ0n) is 13.7. The number of pyridine rings is 1. The summed E-state index contributed by atoms with van der Waals surface area (Å²) in [7, 11) is 1.35. The zero-order valence-corrected chi connectivity index (χ0v) is 16.0. The molecule has 0 N–H and O–H groups in total. The summed E-state index contributed by atoms with van der Waals surface area (Å²) in [5, 5.41) is 0.810. The van der Waals surface area contributed by atoms with E-state index in [0.717, 1.165) is 22.3 Å². The predicted octanol–water partition coefficient (Wildman–Crippen LogP) is 4.31. The first kappa shape index (κ1) is 18.6. The van der Waals surface area contributed by atoms with Crippen molar-refractivity contribution in [3.05, 3.63) is 51.8 Å². The monoisotopic (exact) mass is 409 g/mol. The molecular formula is C18H17BrClNO3. The highest BCUT2D eigenvalue weighted by molar-refractivity contribution is 9.09. The molecule has 0 amide bonds. The van der Waals surface area contributed by atoms with Gasteiger partial charge in [0.15, 0.2) is 5.78 Å². The molecule has 1 aromatic carbocycles. The number of halogens is 2. The number of hydrogen-bond acceptors (Lipinski definition) is 4. The maximum absolute atomic E-state index is 12.2. The summed E-state index contributed by atoms with van der Waals surface area (Å²) in [6.07, 6.45) is 0.0942. The van der Waals surface area contributed by atoms with Crippen LogP contribution in [0.4, 0.5) is 0 Å². The van der Waals surface area contributed by atoms with Crippen LogP contribution in [0, 0.1) is 13.8 Å². The van der Waals surface area contributed by atoms with Crippen LogP contribution in [-0.4, -0.2) is 29.2 Å². The van der Waals surface area contributed by atoms with Gasteiger partial charge in [0, 0.05) is 10.7 Å². The van der Waals surface area contributed by atoms with Gasteiger partial charge >= 0.3 is 5.97 Å². The Balaban J connectivity index is 2.74. The average Bonchev–Trinajstić information content (AvgIpc) is 2.58. The van der Waals surface area contributed by atoms with Gasteiger partial charge in [0.25, 0.3) is 0 Å². The van der Waals surface area contributed by atoms with Crippen LogP contribution in [-0.2, 0) is 16.0 Å². The topological polar surface area (TPSA) is 56.3 Å². The van der Waals surface area contributed by atoms with Gasteiger partial charge < -0.3 is 4.74 Å². The molecule has 4 nitrogen and oxygen atoms in total. The number of alkyl halides is 1. The number of ketones is 1. The Labute approximate surface area is 154 Å². The van der Waals surface area contributed by atoms with Crippen molar-refractivity contribution in [1.29, 1.82) is 0 Å². The SMILES string of the molecule is COC(=O)Cc1c(C)nc(C(=O)CBr)c(C)c1-c1ccc(Cl)cc1. The summed E-state index contributed by atoms with van der Waals surface area (Å²) in [5.41, 5.74) is 4.25. The number of methoxy groups -OCH3 is 1. The van der Waals surface area contributed by atoms with Gasteiger partial charge in [-0.1, -0.05) is 39.7 Å². The molecule has 126 valence electrons. The molecule has 0 bridgehead atoms. The molecule has 0 saturated carbocycles. The van der Waals surface area contributed by atoms with E-state index in [-0.39, 0.29) is 23.5 Å². The largest absolute Gasteiger partial charge is 0.469 e. The van der Waals surface area contributed by atoms with Crippen molar-refractivity contribution in [3.63, 3.8) is 0 Å². The van der Waals surface area contributed by atoms with Crippen LogP contribution >= 0.6 is 27.5 Å². The summed E-state index contributed by atoms with van der Waals surface area (Å²) in [5.74, 6) is -0.454. The van der Waals surface area contributed by atoms with Crippen molar-refractivity contribution < 1.29 is 14.3 Å². The lowest BCUT2D eigenvalue weighted by molar-refractivity contribution is -0.139. The molecule has 24 heavy (non-hydrogen) atoms. The molecule has 0 saturated heterocycles. The van der Waals surface area contributed by atoms with Crippen LogP contribution in [0.25, 0.3) is 11.1 Å². The maximum Gasteiger partial charge on any atom is 0.310 e. The highest BCUT2D eigenvalue weighted by atomic mass is 79.9. The second-order valence-electron chi connectivity index (χ2n) is 5.34. The fraction of sp³-hybridized carbons (Fsp3) is 0.278. The minimum atomic E-state index is -0.353. The molecule has 2 rings (SSSR count). The van der Waals surface area contributed by atoms with Crippen molar-refractivity contribution in [2.45, 2.75) is 20.3 Å². The molecule has 1 heterocycles. The molecule has 1 aromatic heterocycles. The van der Waals surface area contributed by atoms with E-state index in [0.29, 0.717) is 16.4 Å². The third-order valence-corrected chi connectivity index (χ3v) is 4.58. The van der Waals surface area contributed by atoms with E-state index in [2.05, 4.69) is 20.9 Å². The van der Waals surface area contributed by atoms with E-state index >= 15 is 0 Å². The standard InChI is InChI=1S/C18H17BrClNO3/c1-10-17(12-4-6-13(20)7-5-12)14(8-16(23)24-3)11(2)21-18(10)15(22)9-19/h4-7H,8-9H2,1-3H3. The first-order valence-corrected chi connectivity index (χ1v) is 8.81. The molecular weight excluding hydrogens is 394 g/mol. The smallest absolute Gasteiger partial charge is 0.310 e. The van der Waals surface area contributed by atoms with Crippen molar-refractivity contribution in [2.75, 3.05) is 12.4 Å². The van der Waals surface area contributed by atoms with Crippen molar-refractivity contribution in [3.8, 4) is 11.1 Å². The highest BCUT2D eigenvalue weighted by Crippen LogP contribution is 2.32. The fourth-order valence-electron chi connectivity index (χ4n) is 2.62. The second-order valence-corrected chi connectivity index (χ2v) is 6.34. The molecule has 2 aromatic rings. The fourth-order valence-corrected chi connectivity index (χ4v) is 3.01. The second kappa shape index (κ2) is 7.90. The third kappa shape index (κ3) is 3.84. The van der Waals surface area contributed by atoms with E-state index in [1.165, 1.54) is 7.11 Å². The molecule has 0 atom stereocenters. The molecule has 0 unspecified atom stereocenters. The van der Waals surface area contributed by atoms with Crippen molar-refractivity contribution in [2.24, 2.45) is 0 Å². The molecule has 0 aliphatic carbocycles. The molecule has 0 aliphatic rings. The number of aromatic nitrogens is 1. The Hall–Kier alpha value is -1.72. The van der Waals surface area contributed by atoms with Crippen LogP contribution in [0.5, 0.6) is 0 Å². The lowest BCUT2D eigenvalue weighted by Crippen LogP contribution is -2.14. The quantitative estimate of drug-likeness (QED) is 0.419. The summed E-state index contributed by atoms with van der Waals surface area (Å²) < 4.78 is 4.80. The summed E-state index contributed by atoms with van der Waals surface area (Å²) in [6, 6.07) is 7.29. The number of rotatable bonds is 5. The van der Waals surface area contributed by atoms with Crippen LogP contribution < -0.4 is 0 Å². The van der Waals surface area contributed by atoms with Gasteiger partial charge in [0.05, 0.1) is 18.9 Å². The minimum absolute atomic E-state index is 0.0942. The number of benzene rings is 1. The van der Waals surface area contributed by atoms with Crippen LogP contribution in [0.3, 0.4) is 0 Å². The Morgan fingerprint density at radius 1 is 1.21 bits per heavy atom. The third-order valence-electron chi connectivity index (χ3n) is 3.82. The van der Waals surface area contributed by atoms with Crippen molar-refractivity contribution in [1.82, 2.24) is 4.98 Å². The molecule has 6 heteroatoms. The first-order valence-electron chi connectivity index (χ1n) is 7.31. The predicted molar refractivity (Wildman–Crippen MR) is 98.0 cm³/mol. The Kier molecular flexibility index (Phi) is 6.13. The lowest BCUT2D eigenvalue weighted by atomic mass is 9.91. The van der Waals surface area contributed by atoms with Gasteiger partial charge in [-0.3, -0.25) is 9.59 Å². The van der Waals surface area contributed by atoms with Gasteiger partial charge in [0.2, 0.25) is 0 Å². The molecule has 0 aliphatic heterocycles. The number of Topliss-reactive ketones (excluding diaryl/α,β-unsaturated/α-hetero) is 1. The number of carbonyl (C=O) groups excluding carboxylic acids is 2. The Morgan fingerprint density at radius 3 is 2.38 bits per heavy atom. The van der Waals surface area contributed by atoms with Gasteiger partial charge in [-0.15, -0.1) is 0 Å². The Morgan fingerprint density at radius 2 is 1.83 bits per heavy atom. The van der Waals surface area contributed by atoms with Crippen LogP contribution in [0.1, 0.15) is 27.3 Å². The summed E-state index contributed by atoms with van der Waals surface area (Å²) in [4.78, 5) is 28.4. The van der Waals surface area contributed by atoms with Gasteiger partial charge in [-0.25, -0.2) is 4.98 Å². The number of esters is 1. The molecule has 0 radical (unpaired) electrons. The first-order chi connectivity index (χ1) is 11.4. The summed E-state index contributed by atoms with van der Waals surface area (Å²) in [6.45, 7) is 3.63. The van der Waals surface area contributed by atoms with E-state index in [4.69, 9.17) is 16.3 Å². The van der Waals surface area contributed by atoms with E-state index < -0.39 is 0 Å². The van der Waals surface area contributed by atoms with Gasteiger partial charge in [-0.05, 0) is 48.2 Å². The minimum Gasteiger partial charge on any atom is -0.469 e. The number of nitrogens with zero attached hydrogens (tertiary/aromatic N) is 1.